The average molecular weight is 481 g/mol. The first-order valence-electron chi connectivity index (χ1n) is 11.9. The number of rotatable bonds is 7. The number of aliphatic carboxylic acids is 1. The minimum absolute atomic E-state index is 0.0852. The molecule has 0 saturated carbocycles. The van der Waals surface area contributed by atoms with Gasteiger partial charge in [0.2, 0.25) is 5.91 Å². The maximum Gasteiger partial charge on any atom is 0.407 e. The standard InChI is InChI=1S/C27H32N2O6/c1-17(34-3)23(24(30)29-14-12-27(2,13-15-29)25(31)32)28-26(33)35-16-22-20-10-6-4-8-18(20)19-9-5-7-11-21(19)22/h4-11,17,22-23H,12-16H2,1-3H3,(H,28,33)(H,31,32). The fourth-order valence-electron chi connectivity index (χ4n) is 4.91. The maximum atomic E-state index is 13.2. The number of piperidine rings is 1. The molecule has 0 aromatic heterocycles. The molecule has 2 aliphatic rings. The number of alkyl carbamates (subject to hydrolysis) is 1. The Labute approximate surface area is 205 Å². The third-order valence-electron chi connectivity index (χ3n) is 7.42. The number of ether oxygens (including phenoxy) is 2. The largest absolute Gasteiger partial charge is 0.481 e. The van der Waals surface area contributed by atoms with E-state index < -0.39 is 29.6 Å². The van der Waals surface area contributed by atoms with Crippen molar-refractivity contribution in [2.45, 2.75) is 44.8 Å². The predicted octanol–water partition coefficient (Wildman–Crippen LogP) is 3.64. The zero-order valence-corrected chi connectivity index (χ0v) is 20.3. The Balaban J connectivity index is 1.41. The van der Waals surface area contributed by atoms with E-state index in [2.05, 4.69) is 17.4 Å². The molecule has 1 aliphatic heterocycles. The molecule has 2 aromatic rings. The lowest BCUT2D eigenvalue weighted by atomic mass is 9.80. The van der Waals surface area contributed by atoms with Crippen molar-refractivity contribution < 1.29 is 29.0 Å². The van der Waals surface area contributed by atoms with Gasteiger partial charge in [-0.3, -0.25) is 9.59 Å². The highest BCUT2D eigenvalue weighted by Gasteiger charge is 2.40. The van der Waals surface area contributed by atoms with Gasteiger partial charge in [-0.2, -0.15) is 0 Å². The third-order valence-corrected chi connectivity index (χ3v) is 7.42. The van der Waals surface area contributed by atoms with Crippen LogP contribution in [0.1, 0.15) is 43.7 Å². The second-order valence-electron chi connectivity index (χ2n) is 9.58. The molecule has 1 aliphatic carbocycles. The Bertz CT molecular complexity index is 1060. The van der Waals surface area contributed by atoms with Gasteiger partial charge in [0.1, 0.15) is 12.6 Å². The SMILES string of the molecule is COC(C)C(NC(=O)OCC1c2ccccc2-c2ccccc21)C(=O)N1CCC(C)(C(=O)O)CC1. The second-order valence-corrected chi connectivity index (χ2v) is 9.58. The highest BCUT2D eigenvalue weighted by Crippen LogP contribution is 2.44. The number of carbonyl (C=O) groups is 3. The quantitative estimate of drug-likeness (QED) is 0.627. The highest BCUT2D eigenvalue weighted by molar-refractivity contribution is 5.87. The maximum absolute atomic E-state index is 13.2. The molecule has 0 radical (unpaired) electrons. The number of carboxylic acids is 1. The molecule has 8 nitrogen and oxygen atoms in total. The van der Waals surface area contributed by atoms with Crippen LogP contribution in [0.5, 0.6) is 0 Å². The first-order chi connectivity index (χ1) is 16.7. The van der Waals surface area contributed by atoms with Gasteiger partial charge in [-0.1, -0.05) is 48.5 Å². The zero-order chi connectivity index (χ0) is 25.2. The van der Waals surface area contributed by atoms with Gasteiger partial charge in [0.15, 0.2) is 0 Å². The molecular weight excluding hydrogens is 448 g/mol. The number of carboxylic acid groups (broad SMARTS) is 1. The van der Waals surface area contributed by atoms with Crippen molar-refractivity contribution in [2.75, 3.05) is 26.8 Å². The summed E-state index contributed by atoms with van der Waals surface area (Å²) >= 11 is 0. The molecule has 35 heavy (non-hydrogen) atoms. The summed E-state index contributed by atoms with van der Waals surface area (Å²) in [6.45, 7) is 4.16. The minimum Gasteiger partial charge on any atom is -0.481 e. The van der Waals surface area contributed by atoms with E-state index >= 15 is 0 Å². The molecule has 1 heterocycles. The first-order valence-corrected chi connectivity index (χ1v) is 11.9. The number of hydrogen-bond acceptors (Lipinski definition) is 5. The van der Waals surface area contributed by atoms with Crippen LogP contribution in [0.4, 0.5) is 4.79 Å². The predicted molar refractivity (Wildman–Crippen MR) is 130 cm³/mol. The molecular formula is C27H32N2O6. The van der Waals surface area contributed by atoms with Gasteiger partial charge < -0.3 is 24.8 Å². The van der Waals surface area contributed by atoms with Crippen LogP contribution in [0.15, 0.2) is 48.5 Å². The Morgan fingerprint density at radius 2 is 1.60 bits per heavy atom. The molecule has 2 atom stereocenters. The molecule has 2 aromatic carbocycles. The van der Waals surface area contributed by atoms with Crippen LogP contribution >= 0.6 is 0 Å². The van der Waals surface area contributed by atoms with Crippen LogP contribution in [-0.2, 0) is 19.1 Å². The van der Waals surface area contributed by atoms with E-state index in [0.717, 1.165) is 22.3 Å². The van der Waals surface area contributed by atoms with Crippen molar-refractivity contribution in [3.63, 3.8) is 0 Å². The summed E-state index contributed by atoms with van der Waals surface area (Å²) in [5.74, 6) is -1.25. The number of methoxy groups -OCH3 is 1. The van der Waals surface area contributed by atoms with Crippen LogP contribution < -0.4 is 5.32 Å². The van der Waals surface area contributed by atoms with Crippen LogP contribution in [-0.4, -0.2) is 66.9 Å². The Hall–Kier alpha value is -3.39. The van der Waals surface area contributed by atoms with Crippen molar-refractivity contribution in [3.05, 3.63) is 59.7 Å². The van der Waals surface area contributed by atoms with Crippen LogP contribution in [0, 0.1) is 5.41 Å². The van der Waals surface area contributed by atoms with Gasteiger partial charge in [-0.15, -0.1) is 0 Å². The van der Waals surface area contributed by atoms with E-state index in [1.807, 2.05) is 36.4 Å². The van der Waals surface area contributed by atoms with Crippen molar-refractivity contribution in [2.24, 2.45) is 5.41 Å². The van der Waals surface area contributed by atoms with Crippen molar-refractivity contribution >= 4 is 18.0 Å². The summed E-state index contributed by atoms with van der Waals surface area (Å²) < 4.78 is 11.0. The van der Waals surface area contributed by atoms with E-state index in [0.29, 0.717) is 25.9 Å². The molecule has 8 heteroatoms. The number of nitrogens with one attached hydrogen (secondary N) is 1. The molecule has 2 N–H and O–H groups in total. The van der Waals surface area contributed by atoms with Gasteiger partial charge in [-0.05, 0) is 48.9 Å². The second kappa shape index (κ2) is 10.1. The van der Waals surface area contributed by atoms with E-state index in [1.165, 1.54) is 7.11 Å². The van der Waals surface area contributed by atoms with E-state index in [9.17, 15) is 19.5 Å². The first kappa shape index (κ1) is 24.7. The number of amides is 2. The van der Waals surface area contributed by atoms with Gasteiger partial charge in [0, 0.05) is 26.1 Å². The smallest absolute Gasteiger partial charge is 0.407 e. The number of carbonyl (C=O) groups excluding carboxylic acids is 2. The van der Waals surface area contributed by atoms with Crippen molar-refractivity contribution in [3.8, 4) is 11.1 Å². The fraction of sp³-hybridized carbons (Fsp3) is 0.444. The van der Waals surface area contributed by atoms with Gasteiger partial charge in [-0.25, -0.2) is 4.79 Å². The summed E-state index contributed by atoms with van der Waals surface area (Å²) in [6.07, 6.45) is -0.572. The average Bonchev–Trinajstić information content (AvgIpc) is 3.19. The molecule has 4 rings (SSSR count). The van der Waals surface area contributed by atoms with E-state index in [1.54, 1.807) is 18.7 Å². The Kier molecular flexibility index (Phi) is 7.12. The normalized spacial score (nSPS) is 18.2. The minimum atomic E-state index is -0.940. The lowest BCUT2D eigenvalue weighted by molar-refractivity contribution is -0.154. The summed E-state index contributed by atoms with van der Waals surface area (Å²) in [7, 11) is 1.47. The molecule has 0 bridgehead atoms. The summed E-state index contributed by atoms with van der Waals surface area (Å²) in [5.41, 5.74) is 3.64. The van der Waals surface area contributed by atoms with Crippen molar-refractivity contribution in [1.82, 2.24) is 10.2 Å². The van der Waals surface area contributed by atoms with Gasteiger partial charge in [0.05, 0.1) is 11.5 Å². The zero-order valence-electron chi connectivity index (χ0n) is 20.3. The summed E-state index contributed by atoms with van der Waals surface area (Å²) in [4.78, 5) is 39.1. The van der Waals surface area contributed by atoms with Crippen LogP contribution in [0.3, 0.4) is 0 Å². The molecule has 186 valence electrons. The number of likely N-dealkylation sites (tertiary alicyclic amines) is 1. The monoisotopic (exact) mass is 480 g/mol. The molecule has 1 saturated heterocycles. The van der Waals surface area contributed by atoms with Gasteiger partial charge in [0.25, 0.3) is 0 Å². The molecule has 0 spiro atoms. The number of hydrogen-bond donors (Lipinski definition) is 2. The van der Waals surface area contributed by atoms with Crippen LogP contribution in [0.25, 0.3) is 11.1 Å². The number of fused-ring (bicyclic) bond motifs is 3. The van der Waals surface area contributed by atoms with Gasteiger partial charge >= 0.3 is 12.1 Å². The summed E-state index contributed by atoms with van der Waals surface area (Å²) in [5, 5.41) is 12.1. The lowest BCUT2D eigenvalue weighted by Gasteiger charge is -2.38. The Morgan fingerprint density at radius 3 is 2.11 bits per heavy atom. The number of nitrogens with zero attached hydrogens (tertiary/aromatic N) is 1. The lowest BCUT2D eigenvalue weighted by Crippen LogP contribution is -2.56. The Morgan fingerprint density at radius 1 is 1.06 bits per heavy atom. The van der Waals surface area contributed by atoms with E-state index in [4.69, 9.17) is 9.47 Å². The number of benzene rings is 2. The summed E-state index contributed by atoms with van der Waals surface area (Å²) in [6, 6.07) is 15.2. The molecule has 2 amide bonds. The van der Waals surface area contributed by atoms with Crippen molar-refractivity contribution in [1.29, 1.82) is 0 Å². The highest BCUT2D eigenvalue weighted by atomic mass is 16.5. The van der Waals surface area contributed by atoms with E-state index in [-0.39, 0.29) is 18.4 Å². The topological polar surface area (TPSA) is 105 Å². The van der Waals surface area contributed by atoms with Crippen LogP contribution in [0.2, 0.25) is 0 Å². The fourth-order valence-corrected chi connectivity index (χ4v) is 4.91. The molecule has 2 unspecified atom stereocenters. The molecule has 1 fully saturated rings. The third kappa shape index (κ3) is 4.89.